The smallest absolute Gasteiger partial charge is 0.146 e. The van der Waals surface area contributed by atoms with Gasteiger partial charge in [-0.2, -0.15) is 0 Å². The van der Waals surface area contributed by atoms with Gasteiger partial charge in [-0.1, -0.05) is 13.3 Å². The molecule has 0 aliphatic carbocycles. The number of halogens is 1. The quantitative estimate of drug-likeness (QED) is 0.752. The van der Waals surface area contributed by atoms with E-state index in [1.807, 2.05) is 13.8 Å². The zero-order valence-corrected chi connectivity index (χ0v) is 12.0. The molecule has 5 nitrogen and oxygen atoms in total. The van der Waals surface area contributed by atoms with Crippen LogP contribution in [0, 0.1) is 0 Å². The van der Waals surface area contributed by atoms with Crippen molar-refractivity contribution in [2.45, 2.75) is 32.3 Å². The Kier molecular flexibility index (Phi) is 5.14. The van der Waals surface area contributed by atoms with Gasteiger partial charge in [-0.3, -0.25) is 0 Å². The van der Waals surface area contributed by atoms with Gasteiger partial charge in [-0.25, -0.2) is 9.97 Å². The van der Waals surface area contributed by atoms with Crippen molar-refractivity contribution in [3.05, 3.63) is 10.8 Å². The number of nitrogens with zero attached hydrogens (tertiary/aromatic N) is 2. The fourth-order valence-corrected chi connectivity index (χ4v) is 2.11. The molecule has 0 aromatic carbocycles. The number of aliphatic hydroxyl groups is 1. The van der Waals surface area contributed by atoms with Gasteiger partial charge in [0.2, 0.25) is 0 Å². The Morgan fingerprint density at radius 1 is 1.41 bits per heavy atom. The molecule has 1 rings (SSSR count). The third kappa shape index (κ3) is 4.12. The minimum atomic E-state index is -0.723. The van der Waals surface area contributed by atoms with Crippen molar-refractivity contribution in [2.75, 3.05) is 24.2 Å². The Labute approximate surface area is 110 Å². The average molecular weight is 303 g/mol. The molecular formula is C11H19BrN4O. The van der Waals surface area contributed by atoms with E-state index in [4.69, 9.17) is 0 Å². The van der Waals surface area contributed by atoms with Crippen LogP contribution in [-0.4, -0.2) is 34.3 Å². The van der Waals surface area contributed by atoms with E-state index in [9.17, 15) is 5.11 Å². The van der Waals surface area contributed by atoms with E-state index < -0.39 is 5.60 Å². The maximum absolute atomic E-state index is 10.1. The number of nitrogens with one attached hydrogen (secondary N) is 2. The van der Waals surface area contributed by atoms with Gasteiger partial charge in [0.15, 0.2) is 0 Å². The second-order valence-electron chi connectivity index (χ2n) is 4.24. The number of hydrogen-bond acceptors (Lipinski definition) is 5. The van der Waals surface area contributed by atoms with Crippen molar-refractivity contribution in [3.63, 3.8) is 0 Å². The number of aromatic nitrogens is 2. The van der Waals surface area contributed by atoms with Crippen LogP contribution in [0.1, 0.15) is 26.7 Å². The van der Waals surface area contributed by atoms with Crippen LogP contribution >= 0.6 is 15.9 Å². The van der Waals surface area contributed by atoms with E-state index in [0.29, 0.717) is 12.4 Å². The Hall–Kier alpha value is -0.880. The van der Waals surface area contributed by atoms with Gasteiger partial charge in [0.25, 0.3) is 0 Å². The van der Waals surface area contributed by atoms with Crippen molar-refractivity contribution >= 4 is 27.6 Å². The molecule has 0 aliphatic rings. The molecular weight excluding hydrogens is 284 g/mol. The van der Waals surface area contributed by atoms with Crippen LogP contribution in [0.25, 0.3) is 0 Å². The monoisotopic (exact) mass is 302 g/mol. The first-order chi connectivity index (χ1) is 8.00. The molecule has 17 heavy (non-hydrogen) atoms. The number of anilines is 2. The third-order valence-electron chi connectivity index (χ3n) is 2.45. The summed E-state index contributed by atoms with van der Waals surface area (Å²) in [5, 5.41) is 16.1. The molecule has 0 spiro atoms. The van der Waals surface area contributed by atoms with E-state index in [0.717, 1.165) is 23.1 Å². The molecule has 0 saturated carbocycles. The highest BCUT2D eigenvalue weighted by Gasteiger charge is 2.19. The SMILES string of the molecule is CCCC(C)(O)CNc1ncnc(NC)c1Br. The maximum Gasteiger partial charge on any atom is 0.146 e. The molecule has 1 aromatic rings. The van der Waals surface area contributed by atoms with Crippen LogP contribution in [0.4, 0.5) is 11.6 Å². The van der Waals surface area contributed by atoms with Gasteiger partial charge in [-0.15, -0.1) is 0 Å². The van der Waals surface area contributed by atoms with E-state index >= 15 is 0 Å². The van der Waals surface area contributed by atoms with E-state index in [1.165, 1.54) is 6.33 Å². The van der Waals surface area contributed by atoms with E-state index in [1.54, 1.807) is 7.05 Å². The molecule has 0 saturated heterocycles. The summed E-state index contributed by atoms with van der Waals surface area (Å²) in [4.78, 5) is 8.20. The summed E-state index contributed by atoms with van der Waals surface area (Å²) < 4.78 is 0.773. The summed E-state index contributed by atoms with van der Waals surface area (Å²) in [6.45, 7) is 4.32. The van der Waals surface area contributed by atoms with Crippen molar-refractivity contribution in [1.82, 2.24) is 9.97 Å². The van der Waals surface area contributed by atoms with Crippen LogP contribution in [0.15, 0.2) is 10.8 Å². The molecule has 96 valence electrons. The normalized spacial score (nSPS) is 14.2. The summed E-state index contributed by atoms with van der Waals surface area (Å²) in [6.07, 6.45) is 3.18. The Balaban J connectivity index is 2.69. The van der Waals surface area contributed by atoms with E-state index in [-0.39, 0.29) is 0 Å². The summed E-state index contributed by atoms with van der Waals surface area (Å²) in [7, 11) is 1.80. The zero-order chi connectivity index (χ0) is 12.9. The molecule has 0 radical (unpaired) electrons. The van der Waals surface area contributed by atoms with Crippen molar-refractivity contribution < 1.29 is 5.11 Å². The standard InChI is InChI=1S/C11H19BrN4O/c1-4-5-11(2,17)6-14-10-8(12)9(13-3)15-7-16-10/h7,17H,4-6H2,1-3H3,(H2,13,14,15,16). The summed E-state index contributed by atoms with van der Waals surface area (Å²) in [5.74, 6) is 1.40. The molecule has 0 aliphatic heterocycles. The minimum Gasteiger partial charge on any atom is -0.388 e. The fraction of sp³-hybridized carbons (Fsp3) is 0.636. The van der Waals surface area contributed by atoms with Crippen LogP contribution in [0.3, 0.4) is 0 Å². The fourth-order valence-electron chi connectivity index (χ4n) is 1.57. The minimum absolute atomic E-state index is 0.458. The molecule has 3 N–H and O–H groups in total. The molecule has 1 atom stereocenters. The second-order valence-corrected chi connectivity index (χ2v) is 5.03. The lowest BCUT2D eigenvalue weighted by atomic mass is 10.0. The highest BCUT2D eigenvalue weighted by Crippen LogP contribution is 2.26. The van der Waals surface area contributed by atoms with Crippen LogP contribution in [-0.2, 0) is 0 Å². The average Bonchev–Trinajstić information content (AvgIpc) is 2.28. The molecule has 1 unspecified atom stereocenters. The van der Waals surface area contributed by atoms with Crippen LogP contribution in [0.2, 0.25) is 0 Å². The highest BCUT2D eigenvalue weighted by molar-refractivity contribution is 9.10. The molecule has 6 heteroatoms. The molecule has 1 heterocycles. The van der Waals surface area contributed by atoms with Crippen molar-refractivity contribution in [3.8, 4) is 0 Å². The highest BCUT2D eigenvalue weighted by atomic mass is 79.9. The lowest BCUT2D eigenvalue weighted by molar-refractivity contribution is 0.0636. The van der Waals surface area contributed by atoms with Gasteiger partial charge in [0.1, 0.15) is 22.4 Å². The predicted molar refractivity (Wildman–Crippen MR) is 73.3 cm³/mol. The summed E-state index contributed by atoms with van der Waals surface area (Å²) in [6, 6.07) is 0. The summed E-state index contributed by atoms with van der Waals surface area (Å²) in [5.41, 5.74) is -0.723. The van der Waals surface area contributed by atoms with Crippen molar-refractivity contribution in [1.29, 1.82) is 0 Å². The van der Waals surface area contributed by atoms with Gasteiger partial charge >= 0.3 is 0 Å². The van der Waals surface area contributed by atoms with Gasteiger partial charge in [0, 0.05) is 13.6 Å². The predicted octanol–water partition coefficient (Wildman–Crippen LogP) is 2.24. The maximum atomic E-state index is 10.1. The molecule has 0 fully saturated rings. The Bertz CT molecular complexity index is 370. The number of hydrogen-bond donors (Lipinski definition) is 3. The van der Waals surface area contributed by atoms with Crippen molar-refractivity contribution in [2.24, 2.45) is 0 Å². The first kappa shape index (κ1) is 14.2. The topological polar surface area (TPSA) is 70.1 Å². The number of rotatable bonds is 6. The Morgan fingerprint density at radius 3 is 2.65 bits per heavy atom. The first-order valence-corrected chi connectivity index (χ1v) is 6.44. The van der Waals surface area contributed by atoms with Crippen LogP contribution in [0.5, 0.6) is 0 Å². The van der Waals surface area contributed by atoms with Crippen LogP contribution < -0.4 is 10.6 Å². The van der Waals surface area contributed by atoms with Gasteiger partial charge in [0.05, 0.1) is 5.60 Å². The Morgan fingerprint density at radius 2 is 2.06 bits per heavy atom. The van der Waals surface area contributed by atoms with Gasteiger partial charge in [-0.05, 0) is 29.3 Å². The molecule has 1 aromatic heterocycles. The van der Waals surface area contributed by atoms with E-state index in [2.05, 4.69) is 36.5 Å². The summed E-state index contributed by atoms with van der Waals surface area (Å²) >= 11 is 3.42. The largest absolute Gasteiger partial charge is 0.388 e. The zero-order valence-electron chi connectivity index (χ0n) is 10.4. The van der Waals surface area contributed by atoms with Gasteiger partial charge < -0.3 is 15.7 Å². The first-order valence-electron chi connectivity index (χ1n) is 5.64. The third-order valence-corrected chi connectivity index (χ3v) is 3.20. The lowest BCUT2D eigenvalue weighted by Crippen LogP contribution is -2.33. The molecule has 0 bridgehead atoms. The molecule has 0 amide bonds. The second kappa shape index (κ2) is 6.16. The lowest BCUT2D eigenvalue weighted by Gasteiger charge is -2.23.